The minimum absolute atomic E-state index is 0.0747. The van der Waals surface area contributed by atoms with E-state index in [9.17, 15) is 9.59 Å². The molecule has 2 aromatic carbocycles. The van der Waals surface area contributed by atoms with Crippen molar-refractivity contribution >= 4 is 11.8 Å². The van der Waals surface area contributed by atoms with Gasteiger partial charge in [-0.15, -0.1) is 0 Å². The molecule has 0 unspecified atom stereocenters. The summed E-state index contributed by atoms with van der Waals surface area (Å²) in [5.41, 5.74) is 1.53. The number of likely N-dealkylation sites (tertiary alicyclic amines) is 1. The summed E-state index contributed by atoms with van der Waals surface area (Å²) in [4.78, 5) is 30.3. The van der Waals surface area contributed by atoms with Crippen molar-refractivity contribution in [1.29, 1.82) is 0 Å². The average Bonchev–Trinajstić information content (AvgIpc) is 3.05. The number of hydrogen-bond acceptors (Lipinski definition) is 3. The lowest BCUT2D eigenvalue weighted by Gasteiger charge is -2.46. The third-order valence-corrected chi connectivity index (χ3v) is 6.65. The summed E-state index contributed by atoms with van der Waals surface area (Å²) in [6, 6.07) is 19.6. The number of piperidine rings is 1. The summed E-state index contributed by atoms with van der Waals surface area (Å²) in [6.45, 7) is 5.57. The van der Waals surface area contributed by atoms with E-state index >= 15 is 0 Å². The number of hydrogen-bond donors (Lipinski definition) is 1. The third-order valence-electron chi connectivity index (χ3n) is 6.65. The van der Waals surface area contributed by atoms with Crippen molar-refractivity contribution < 1.29 is 9.59 Å². The van der Waals surface area contributed by atoms with E-state index in [0.29, 0.717) is 19.5 Å². The fourth-order valence-corrected chi connectivity index (χ4v) is 4.87. The standard InChI is InChI=1S/C25H31N3O2/c1-3-19(2)28-24(30)22(18-20-10-6-4-7-11-20)26-25(28)14-16-27(17-15-25)23(29)21-12-8-5-9-13-21/h4-13,19,22,26H,3,14-18H2,1-2H3/t19-,22+/m0/s1. The molecule has 2 fully saturated rings. The third kappa shape index (κ3) is 3.86. The van der Waals surface area contributed by atoms with Crippen LogP contribution in [0.1, 0.15) is 49.0 Å². The molecule has 0 aliphatic carbocycles. The van der Waals surface area contributed by atoms with E-state index < -0.39 is 0 Å². The molecule has 158 valence electrons. The number of rotatable bonds is 5. The molecule has 2 aromatic rings. The number of carbonyl (C=O) groups excluding carboxylic acids is 2. The summed E-state index contributed by atoms with van der Waals surface area (Å²) < 4.78 is 0. The highest BCUT2D eigenvalue weighted by Crippen LogP contribution is 2.36. The fourth-order valence-electron chi connectivity index (χ4n) is 4.87. The molecule has 5 heteroatoms. The number of nitrogens with one attached hydrogen (secondary N) is 1. The van der Waals surface area contributed by atoms with E-state index in [1.54, 1.807) is 0 Å². The Morgan fingerprint density at radius 1 is 1.07 bits per heavy atom. The normalized spacial score (nSPS) is 21.8. The van der Waals surface area contributed by atoms with Gasteiger partial charge in [0.05, 0.1) is 11.7 Å². The van der Waals surface area contributed by atoms with Gasteiger partial charge < -0.3 is 9.80 Å². The van der Waals surface area contributed by atoms with E-state index in [1.165, 1.54) is 5.56 Å². The molecule has 4 rings (SSSR count). The van der Waals surface area contributed by atoms with Gasteiger partial charge >= 0.3 is 0 Å². The van der Waals surface area contributed by atoms with Crippen LogP contribution in [0.5, 0.6) is 0 Å². The van der Waals surface area contributed by atoms with Crippen molar-refractivity contribution in [2.24, 2.45) is 0 Å². The Morgan fingerprint density at radius 3 is 2.27 bits per heavy atom. The van der Waals surface area contributed by atoms with Crippen LogP contribution in [0.25, 0.3) is 0 Å². The molecule has 2 heterocycles. The molecule has 0 bridgehead atoms. The molecule has 2 atom stereocenters. The molecular formula is C25H31N3O2. The van der Waals surface area contributed by atoms with E-state index in [1.807, 2.05) is 53.4 Å². The maximum atomic E-state index is 13.4. The summed E-state index contributed by atoms with van der Waals surface area (Å²) in [5.74, 6) is 0.265. The van der Waals surface area contributed by atoms with Crippen molar-refractivity contribution in [3.8, 4) is 0 Å². The first-order valence-corrected chi connectivity index (χ1v) is 11.0. The minimum atomic E-state index is -0.362. The van der Waals surface area contributed by atoms with Crippen molar-refractivity contribution in [2.45, 2.75) is 57.3 Å². The molecule has 0 saturated carbocycles. The lowest BCUT2D eigenvalue weighted by molar-refractivity contribution is -0.136. The zero-order valence-electron chi connectivity index (χ0n) is 17.9. The lowest BCUT2D eigenvalue weighted by atomic mass is 9.93. The summed E-state index contributed by atoms with van der Waals surface area (Å²) in [5, 5.41) is 3.71. The minimum Gasteiger partial charge on any atom is -0.338 e. The molecule has 30 heavy (non-hydrogen) atoms. The first-order chi connectivity index (χ1) is 14.5. The van der Waals surface area contributed by atoms with Gasteiger partial charge in [0.15, 0.2) is 0 Å². The molecule has 1 spiro atoms. The van der Waals surface area contributed by atoms with Crippen LogP contribution in [0.2, 0.25) is 0 Å². The molecular weight excluding hydrogens is 374 g/mol. The van der Waals surface area contributed by atoms with Gasteiger partial charge in [0, 0.05) is 37.5 Å². The van der Waals surface area contributed by atoms with Crippen LogP contribution in [0.3, 0.4) is 0 Å². The van der Waals surface area contributed by atoms with E-state index in [0.717, 1.165) is 24.8 Å². The molecule has 0 aromatic heterocycles. The van der Waals surface area contributed by atoms with Crippen molar-refractivity contribution in [3.63, 3.8) is 0 Å². The Bertz CT molecular complexity index is 876. The van der Waals surface area contributed by atoms with Gasteiger partial charge in [0.2, 0.25) is 5.91 Å². The maximum Gasteiger partial charge on any atom is 0.253 e. The largest absolute Gasteiger partial charge is 0.338 e. The van der Waals surface area contributed by atoms with Gasteiger partial charge in [-0.25, -0.2) is 0 Å². The molecule has 0 radical (unpaired) electrons. The summed E-state index contributed by atoms with van der Waals surface area (Å²) in [6.07, 6.45) is 3.13. The highest BCUT2D eigenvalue weighted by Gasteiger charge is 2.52. The first kappa shape index (κ1) is 20.6. The lowest BCUT2D eigenvalue weighted by Crippen LogP contribution is -2.61. The topological polar surface area (TPSA) is 52.7 Å². The van der Waals surface area contributed by atoms with Gasteiger partial charge in [0.1, 0.15) is 0 Å². The second kappa shape index (κ2) is 8.60. The monoisotopic (exact) mass is 405 g/mol. The predicted octanol–water partition coefficient (Wildman–Crippen LogP) is 3.46. The second-order valence-electron chi connectivity index (χ2n) is 8.54. The molecule has 2 aliphatic rings. The Hall–Kier alpha value is -2.66. The molecule has 2 aliphatic heterocycles. The molecule has 1 N–H and O–H groups in total. The Morgan fingerprint density at radius 2 is 1.67 bits per heavy atom. The quantitative estimate of drug-likeness (QED) is 0.829. The zero-order chi connectivity index (χ0) is 21.1. The zero-order valence-corrected chi connectivity index (χ0v) is 17.9. The molecule has 2 saturated heterocycles. The Kier molecular flexibility index (Phi) is 5.91. The summed E-state index contributed by atoms with van der Waals surface area (Å²) in [7, 11) is 0. The van der Waals surface area contributed by atoms with E-state index in [-0.39, 0.29) is 29.6 Å². The van der Waals surface area contributed by atoms with Gasteiger partial charge in [-0.05, 0) is 37.5 Å². The summed E-state index contributed by atoms with van der Waals surface area (Å²) >= 11 is 0. The number of carbonyl (C=O) groups is 2. The number of amides is 2. The SMILES string of the molecule is CC[C@H](C)N1C(=O)[C@@H](Cc2ccccc2)NC12CCN(C(=O)c1ccccc1)CC2. The highest BCUT2D eigenvalue weighted by atomic mass is 16.2. The Balaban J connectivity index is 1.51. The predicted molar refractivity (Wildman–Crippen MR) is 118 cm³/mol. The molecule has 5 nitrogen and oxygen atoms in total. The van der Waals surface area contributed by atoms with E-state index in [2.05, 4.69) is 36.2 Å². The van der Waals surface area contributed by atoms with Crippen LogP contribution in [0.4, 0.5) is 0 Å². The van der Waals surface area contributed by atoms with Crippen LogP contribution in [-0.2, 0) is 11.2 Å². The number of nitrogens with zero attached hydrogens (tertiary/aromatic N) is 2. The van der Waals surface area contributed by atoms with Crippen molar-refractivity contribution in [2.75, 3.05) is 13.1 Å². The maximum absolute atomic E-state index is 13.4. The van der Waals surface area contributed by atoms with Crippen molar-refractivity contribution in [1.82, 2.24) is 15.1 Å². The molecule has 2 amide bonds. The second-order valence-corrected chi connectivity index (χ2v) is 8.54. The highest BCUT2D eigenvalue weighted by molar-refractivity contribution is 5.94. The van der Waals surface area contributed by atoms with Gasteiger partial charge in [-0.3, -0.25) is 14.9 Å². The van der Waals surface area contributed by atoms with E-state index in [4.69, 9.17) is 0 Å². The fraction of sp³-hybridized carbons (Fsp3) is 0.440. The van der Waals surface area contributed by atoms with Crippen LogP contribution in [0.15, 0.2) is 60.7 Å². The van der Waals surface area contributed by atoms with Crippen LogP contribution >= 0.6 is 0 Å². The average molecular weight is 406 g/mol. The van der Waals surface area contributed by atoms with Gasteiger partial charge in [-0.2, -0.15) is 0 Å². The smallest absolute Gasteiger partial charge is 0.253 e. The first-order valence-electron chi connectivity index (χ1n) is 11.0. The van der Waals surface area contributed by atoms with Crippen LogP contribution in [-0.4, -0.2) is 52.5 Å². The number of benzene rings is 2. The van der Waals surface area contributed by atoms with Crippen LogP contribution < -0.4 is 5.32 Å². The Labute approximate surface area is 179 Å². The van der Waals surface area contributed by atoms with Crippen molar-refractivity contribution in [3.05, 3.63) is 71.8 Å². The van der Waals surface area contributed by atoms with Gasteiger partial charge in [0.25, 0.3) is 5.91 Å². The van der Waals surface area contributed by atoms with Crippen LogP contribution in [0, 0.1) is 0 Å². The van der Waals surface area contributed by atoms with Gasteiger partial charge in [-0.1, -0.05) is 55.5 Å².